The molecular weight excluding hydrogens is 404 g/mol. The lowest BCUT2D eigenvalue weighted by atomic mass is 9.94. The molecule has 0 aromatic heterocycles. The normalized spacial score (nSPS) is 20.4. The van der Waals surface area contributed by atoms with E-state index < -0.39 is 5.60 Å². The minimum absolute atomic E-state index is 0.0183. The van der Waals surface area contributed by atoms with Gasteiger partial charge in [-0.2, -0.15) is 0 Å². The fourth-order valence-corrected chi connectivity index (χ4v) is 3.77. The molecule has 1 fully saturated rings. The van der Waals surface area contributed by atoms with Crippen molar-refractivity contribution >= 4 is 22.0 Å². The number of hydrogen-bond acceptors (Lipinski definition) is 3. The molecule has 2 aromatic rings. The predicted molar refractivity (Wildman–Crippen MR) is 112 cm³/mol. The Labute approximate surface area is 170 Å². The van der Waals surface area contributed by atoms with Crippen LogP contribution >= 0.6 is 15.9 Å². The van der Waals surface area contributed by atoms with E-state index in [2.05, 4.69) is 74.7 Å². The molecule has 1 saturated heterocycles. The first-order valence-corrected chi connectivity index (χ1v) is 10.1. The molecule has 1 amide bonds. The number of nitrogens with zero attached hydrogens (tertiary/aromatic N) is 1. The smallest absolute Gasteiger partial charge is 0.407 e. The Balaban J connectivity index is 1.74. The van der Waals surface area contributed by atoms with Gasteiger partial charge in [0.2, 0.25) is 0 Å². The van der Waals surface area contributed by atoms with Crippen LogP contribution in [-0.4, -0.2) is 35.7 Å². The van der Waals surface area contributed by atoms with Crippen molar-refractivity contribution in [3.63, 3.8) is 0 Å². The topological polar surface area (TPSA) is 41.6 Å². The summed E-state index contributed by atoms with van der Waals surface area (Å²) in [6.07, 6.45) is -0.351. The molecule has 1 heterocycles. The van der Waals surface area contributed by atoms with Crippen molar-refractivity contribution in [3.05, 3.63) is 70.2 Å². The summed E-state index contributed by atoms with van der Waals surface area (Å²) in [4.78, 5) is 14.7. The van der Waals surface area contributed by atoms with E-state index in [1.807, 2.05) is 26.8 Å². The SMILES string of the molecule is CC(C)(C)OC(=O)N[C@H]1CN(Cc2ccccc2)C[C@H]1c1ccc(Br)cc1. The third kappa shape index (κ3) is 5.81. The summed E-state index contributed by atoms with van der Waals surface area (Å²) < 4.78 is 6.54. The van der Waals surface area contributed by atoms with Gasteiger partial charge in [-0.3, -0.25) is 4.90 Å². The molecule has 0 spiro atoms. The van der Waals surface area contributed by atoms with Crippen LogP contribution in [0.2, 0.25) is 0 Å². The molecule has 0 radical (unpaired) electrons. The number of carbonyl (C=O) groups is 1. The maximum Gasteiger partial charge on any atom is 0.407 e. The van der Waals surface area contributed by atoms with E-state index in [1.165, 1.54) is 11.1 Å². The maximum absolute atomic E-state index is 12.4. The molecule has 4 nitrogen and oxygen atoms in total. The molecule has 0 bridgehead atoms. The van der Waals surface area contributed by atoms with Crippen LogP contribution in [-0.2, 0) is 11.3 Å². The van der Waals surface area contributed by atoms with Gasteiger partial charge in [0, 0.05) is 30.0 Å². The number of rotatable bonds is 4. The van der Waals surface area contributed by atoms with Gasteiger partial charge in [-0.25, -0.2) is 4.79 Å². The van der Waals surface area contributed by atoms with E-state index in [1.54, 1.807) is 0 Å². The van der Waals surface area contributed by atoms with E-state index in [4.69, 9.17) is 4.74 Å². The van der Waals surface area contributed by atoms with Gasteiger partial charge in [-0.15, -0.1) is 0 Å². The first-order valence-electron chi connectivity index (χ1n) is 9.31. The zero-order valence-corrected chi connectivity index (χ0v) is 17.7. The van der Waals surface area contributed by atoms with Crippen LogP contribution in [0.4, 0.5) is 4.79 Å². The molecule has 1 aliphatic heterocycles. The molecule has 0 aliphatic carbocycles. The van der Waals surface area contributed by atoms with Crippen molar-refractivity contribution in [2.24, 2.45) is 0 Å². The molecule has 1 aliphatic rings. The summed E-state index contributed by atoms with van der Waals surface area (Å²) in [5, 5.41) is 3.10. The molecule has 5 heteroatoms. The fourth-order valence-electron chi connectivity index (χ4n) is 3.51. The number of nitrogens with one attached hydrogen (secondary N) is 1. The molecular formula is C22H27BrN2O2. The van der Waals surface area contributed by atoms with Crippen molar-refractivity contribution in [2.75, 3.05) is 13.1 Å². The monoisotopic (exact) mass is 430 g/mol. The van der Waals surface area contributed by atoms with Gasteiger partial charge in [0.1, 0.15) is 5.60 Å². The second-order valence-electron chi connectivity index (χ2n) is 8.09. The van der Waals surface area contributed by atoms with E-state index in [0.29, 0.717) is 0 Å². The Hall–Kier alpha value is -1.85. The van der Waals surface area contributed by atoms with Gasteiger partial charge in [0.15, 0.2) is 0 Å². The fraction of sp³-hybridized carbons (Fsp3) is 0.409. The van der Waals surface area contributed by atoms with Crippen LogP contribution in [0.5, 0.6) is 0 Å². The van der Waals surface area contributed by atoms with Crippen molar-refractivity contribution < 1.29 is 9.53 Å². The van der Waals surface area contributed by atoms with Gasteiger partial charge in [-0.1, -0.05) is 58.4 Å². The number of hydrogen-bond donors (Lipinski definition) is 1. The summed E-state index contributed by atoms with van der Waals surface area (Å²) in [6.45, 7) is 8.23. The van der Waals surface area contributed by atoms with Crippen LogP contribution in [0.3, 0.4) is 0 Å². The van der Waals surface area contributed by atoms with Crippen molar-refractivity contribution in [3.8, 4) is 0 Å². The van der Waals surface area contributed by atoms with Gasteiger partial charge >= 0.3 is 6.09 Å². The van der Waals surface area contributed by atoms with E-state index in [9.17, 15) is 4.79 Å². The lowest BCUT2D eigenvalue weighted by Gasteiger charge is -2.24. The Morgan fingerprint density at radius 2 is 1.78 bits per heavy atom. The van der Waals surface area contributed by atoms with Gasteiger partial charge in [-0.05, 0) is 44.0 Å². The van der Waals surface area contributed by atoms with Crippen LogP contribution in [0, 0.1) is 0 Å². The zero-order chi connectivity index (χ0) is 19.4. The number of halogens is 1. The highest BCUT2D eigenvalue weighted by molar-refractivity contribution is 9.10. The molecule has 1 N–H and O–H groups in total. The quantitative estimate of drug-likeness (QED) is 0.746. The molecule has 0 saturated carbocycles. The standard InChI is InChI=1S/C22H27BrN2O2/c1-22(2,3)27-21(26)24-20-15-25(13-16-7-5-4-6-8-16)14-19(20)17-9-11-18(23)12-10-17/h4-12,19-20H,13-15H2,1-3H3,(H,24,26)/t19-,20-/m0/s1. The van der Waals surface area contributed by atoms with E-state index >= 15 is 0 Å². The third-order valence-electron chi connectivity index (χ3n) is 4.64. The van der Waals surface area contributed by atoms with Crippen molar-refractivity contribution in [1.82, 2.24) is 10.2 Å². The first kappa shape index (κ1) is 19.9. The number of benzene rings is 2. The predicted octanol–water partition coefficient (Wildman–Crippen LogP) is 4.94. The third-order valence-corrected chi connectivity index (χ3v) is 5.17. The number of carbonyl (C=O) groups excluding carboxylic acids is 1. The second kappa shape index (κ2) is 8.44. The number of ether oxygens (including phenoxy) is 1. The summed E-state index contributed by atoms with van der Waals surface area (Å²) in [6, 6.07) is 18.8. The van der Waals surface area contributed by atoms with Crippen LogP contribution in [0.25, 0.3) is 0 Å². The molecule has 0 unspecified atom stereocenters. The van der Waals surface area contributed by atoms with E-state index in [0.717, 1.165) is 24.1 Å². The molecule has 144 valence electrons. The van der Waals surface area contributed by atoms with Crippen molar-refractivity contribution in [1.29, 1.82) is 0 Å². The Morgan fingerprint density at radius 1 is 1.11 bits per heavy atom. The largest absolute Gasteiger partial charge is 0.444 e. The lowest BCUT2D eigenvalue weighted by Crippen LogP contribution is -2.42. The summed E-state index contributed by atoms with van der Waals surface area (Å²) in [5.41, 5.74) is 2.01. The summed E-state index contributed by atoms with van der Waals surface area (Å²) >= 11 is 3.50. The Kier molecular flexibility index (Phi) is 6.22. The average Bonchev–Trinajstić information content (AvgIpc) is 2.97. The highest BCUT2D eigenvalue weighted by Gasteiger charge is 2.35. The molecule has 2 atom stereocenters. The van der Waals surface area contributed by atoms with Crippen LogP contribution in [0.15, 0.2) is 59.1 Å². The average molecular weight is 431 g/mol. The van der Waals surface area contributed by atoms with Crippen LogP contribution in [0.1, 0.15) is 37.8 Å². The van der Waals surface area contributed by atoms with Gasteiger partial charge in [0.25, 0.3) is 0 Å². The highest BCUT2D eigenvalue weighted by Crippen LogP contribution is 2.30. The maximum atomic E-state index is 12.4. The highest BCUT2D eigenvalue weighted by atomic mass is 79.9. The van der Waals surface area contributed by atoms with Crippen LogP contribution < -0.4 is 5.32 Å². The molecule has 27 heavy (non-hydrogen) atoms. The lowest BCUT2D eigenvalue weighted by molar-refractivity contribution is 0.0502. The van der Waals surface area contributed by atoms with Gasteiger partial charge in [0.05, 0.1) is 6.04 Å². The summed E-state index contributed by atoms with van der Waals surface area (Å²) in [5.74, 6) is 0.231. The number of amides is 1. The molecule has 3 rings (SSSR count). The summed E-state index contributed by atoms with van der Waals surface area (Å²) in [7, 11) is 0. The zero-order valence-electron chi connectivity index (χ0n) is 16.1. The molecule has 2 aromatic carbocycles. The van der Waals surface area contributed by atoms with Gasteiger partial charge < -0.3 is 10.1 Å². The minimum Gasteiger partial charge on any atom is -0.444 e. The number of alkyl carbamates (subject to hydrolysis) is 1. The Bertz CT molecular complexity index is 756. The van der Waals surface area contributed by atoms with E-state index in [-0.39, 0.29) is 18.1 Å². The second-order valence-corrected chi connectivity index (χ2v) is 9.01. The number of likely N-dealkylation sites (tertiary alicyclic amines) is 1. The minimum atomic E-state index is -0.500. The first-order chi connectivity index (χ1) is 12.8. The van der Waals surface area contributed by atoms with Crippen molar-refractivity contribution in [2.45, 2.75) is 44.9 Å². The Morgan fingerprint density at radius 3 is 2.41 bits per heavy atom.